The zero-order valence-corrected chi connectivity index (χ0v) is 13.1. The minimum atomic E-state index is -0.693. The number of anilines is 3. The Morgan fingerprint density at radius 3 is 2.38 bits per heavy atom. The summed E-state index contributed by atoms with van der Waals surface area (Å²) in [5, 5.41) is 2.60. The predicted molar refractivity (Wildman–Crippen MR) is 90.2 cm³/mol. The van der Waals surface area contributed by atoms with E-state index in [1.165, 1.54) is 18.2 Å². The maximum absolute atomic E-state index is 13.7. The highest BCUT2D eigenvalue weighted by molar-refractivity contribution is 5.56. The molecule has 3 rings (SSSR count). The van der Waals surface area contributed by atoms with Crippen LogP contribution in [0.5, 0.6) is 0 Å². The number of para-hydroxylation sites is 1. The lowest BCUT2D eigenvalue weighted by molar-refractivity contribution is 0.590. The van der Waals surface area contributed by atoms with Gasteiger partial charge in [-0.2, -0.15) is 4.98 Å². The van der Waals surface area contributed by atoms with E-state index < -0.39 is 11.6 Å². The van der Waals surface area contributed by atoms with Gasteiger partial charge in [-0.05, 0) is 23.8 Å². The molecule has 0 radical (unpaired) electrons. The Kier molecular flexibility index (Phi) is 4.65. The second kappa shape index (κ2) is 7.04. The number of halogens is 2. The van der Waals surface area contributed by atoms with Gasteiger partial charge in [0.15, 0.2) is 0 Å². The summed E-state index contributed by atoms with van der Waals surface area (Å²) in [5.41, 5.74) is 0.869. The van der Waals surface area contributed by atoms with Gasteiger partial charge in [-0.3, -0.25) is 0 Å². The molecule has 0 fully saturated rings. The number of nitrogens with one attached hydrogen (secondary N) is 1. The molecule has 24 heavy (non-hydrogen) atoms. The van der Waals surface area contributed by atoms with Crippen LogP contribution in [0, 0.1) is 11.6 Å². The summed E-state index contributed by atoms with van der Waals surface area (Å²) in [6, 6.07) is 15.3. The molecular weight excluding hydrogens is 310 g/mol. The van der Waals surface area contributed by atoms with Gasteiger partial charge in [0.2, 0.25) is 5.95 Å². The molecule has 122 valence electrons. The van der Waals surface area contributed by atoms with Crippen LogP contribution in [0.25, 0.3) is 0 Å². The molecule has 0 atom stereocenters. The van der Waals surface area contributed by atoms with Gasteiger partial charge in [0.1, 0.15) is 23.1 Å². The fraction of sp³-hybridized carbons (Fsp3) is 0.111. The predicted octanol–water partition coefficient (Wildman–Crippen LogP) is 4.13. The normalized spacial score (nSPS) is 10.5. The van der Waals surface area contributed by atoms with Crippen LogP contribution in [0.15, 0.2) is 60.8 Å². The number of hydrogen-bond donors (Lipinski definition) is 1. The minimum absolute atomic E-state index is 0.136. The molecule has 1 aromatic heterocycles. The average Bonchev–Trinajstić information content (AvgIpc) is 2.59. The largest absolute Gasteiger partial charge is 0.355 e. The van der Waals surface area contributed by atoms with Crippen LogP contribution < -0.4 is 10.2 Å². The third-order valence-electron chi connectivity index (χ3n) is 3.49. The van der Waals surface area contributed by atoms with Gasteiger partial charge >= 0.3 is 0 Å². The molecule has 1 heterocycles. The van der Waals surface area contributed by atoms with E-state index in [2.05, 4.69) is 15.3 Å². The first-order valence-corrected chi connectivity index (χ1v) is 7.42. The van der Waals surface area contributed by atoms with E-state index in [1.807, 2.05) is 42.3 Å². The second-order valence-electron chi connectivity index (χ2n) is 5.30. The van der Waals surface area contributed by atoms with E-state index in [9.17, 15) is 8.78 Å². The highest BCUT2D eigenvalue weighted by Crippen LogP contribution is 2.22. The van der Waals surface area contributed by atoms with Crippen LogP contribution in [0.4, 0.5) is 26.2 Å². The van der Waals surface area contributed by atoms with Crippen molar-refractivity contribution in [3.8, 4) is 0 Å². The Balaban J connectivity index is 1.79. The standard InChI is InChI=1S/C18H16F2N4/c1-24(12-13-6-3-2-4-7-13)16-10-11-21-18(22-16)23-17-14(19)8-5-9-15(17)20/h2-11H,12H2,1H3,(H,21,22,23). The van der Waals surface area contributed by atoms with Crippen molar-refractivity contribution in [2.45, 2.75) is 6.54 Å². The van der Waals surface area contributed by atoms with Gasteiger partial charge in [0.05, 0.1) is 0 Å². The quantitative estimate of drug-likeness (QED) is 0.765. The third kappa shape index (κ3) is 3.65. The van der Waals surface area contributed by atoms with Crippen molar-refractivity contribution in [3.05, 3.63) is 78.0 Å². The molecule has 2 aromatic carbocycles. The van der Waals surface area contributed by atoms with Crippen molar-refractivity contribution < 1.29 is 8.78 Å². The van der Waals surface area contributed by atoms with Gasteiger partial charge < -0.3 is 10.2 Å². The number of benzene rings is 2. The Morgan fingerprint density at radius 1 is 0.958 bits per heavy atom. The van der Waals surface area contributed by atoms with Crippen LogP contribution in [0.2, 0.25) is 0 Å². The maximum Gasteiger partial charge on any atom is 0.229 e. The first-order chi connectivity index (χ1) is 11.6. The van der Waals surface area contributed by atoms with Gasteiger partial charge in [0, 0.05) is 19.8 Å². The number of nitrogens with zero attached hydrogens (tertiary/aromatic N) is 3. The third-order valence-corrected chi connectivity index (χ3v) is 3.49. The van der Waals surface area contributed by atoms with E-state index in [4.69, 9.17) is 0 Å². The lowest BCUT2D eigenvalue weighted by Crippen LogP contribution is -2.18. The number of rotatable bonds is 5. The molecule has 0 saturated carbocycles. The zero-order chi connectivity index (χ0) is 16.9. The maximum atomic E-state index is 13.7. The summed E-state index contributed by atoms with van der Waals surface area (Å²) in [6.45, 7) is 0.658. The summed E-state index contributed by atoms with van der Waals surface area (Å²) < 4.78 is 27.4. The Morgan fingerprint density at radius 2 is 1.67 bits per heavy atom. The van der Waals surface area contributed by atoms with Crippen molar-refractivity contribution >= 4 is 17.5 Å². The van der Waals surface area contributed by atoms with Crippen molar-refractivity contribution in [3.63, 3.8) is 0 Å². The smallest absolute Gasteiger partial charge is 0.229 e. The Bertz CT molecular complexity index is 804. The first-order valence-electron chi connectivity index (χ1n) is 7.42. The molecular formula is C18H16F2N4. The van der Waals surface area contributed by atoms with Crippen LogP contribution in [-0.4, -0.2) is 17.0 Å². The van der Waals surface area contributed by atoms with Gasteiger partial charge in [-0.25, -0.2) is 13.8 Å². The number of aromatic nitrogens is 2. The van der Waals surface area contributed by atoms with Crippen molar-refractivity contribution in [2.24, 2.45) is 0 Å². The molecule has 3 aromatic rings. The highest BCUT2D eigenvalue weighted by Gasteiger charge is 2.11. The molecule has 0 bridgehead atoms. The van der Waals surface area contributed by atoms with E-state index in [0.29, 0.717) is 12.4 Å². The number of hydrogen-bond acceptors (Lipinski definition) is 4. The summed E-state index contributed by atoms with van der Waals surface area (Å²) in [6.07, 6.45) is 1.55. The summed E-state index contributed by atoms with van der Waals surface area (Å²) in [4.78, 5) is 10.3. The fourth-order valence-electron chi connectivity index (χ4n) is 2.29. The molecule has 0 spiro atoms. The molecule has 4 nitrogen and oxygen atoms in total. The van der Waals surface area contributed by atoms with Crippen LogP contribution >= 0.6 is 0 Å². The lowest BCUT2D eigenvalue weighted by Gasteiger charge is -2.18. The first kappa shape index (κ1) is 15.9. The lowest BCUT2D eigenvalue weighted by atomic mass is 10.2. The van der Waals surface area contributed by atoms with Gasteiger partial charge in [0.25, 0.3) is 0 Å². The monoisotopic (exact) mass is 326 g/mol. The SMILES string of the molecule is CN(Cc1ccccc1)c1ccnc(Nc2c(F)cccc2F)n1. The molecule has 0 aliphatic rings. The molecule has 0 aliphatic carbocycles. The van der Waals surface area contributed by atoms with Crippen molar-refractivity contribution in [1.82, 2.24) is 9.97 Å². The fourth-order valence-corrected chi connectivity index (χ4v) is 2.29. The summed E-state index contributed by atoms with van der Waals surface area (Å²) in [7, 11) is 1.89. The molecule has 0 amide bonds. The van der Waals surface area contributed by atoms with E-state index in [0.717, 1.165) is 5.56 Å². The minimum Gasteiger partial charge on any atom is -0.355 e. The molecule has 0 aliphatic heterocycles. The van der Waals surface area contributed by atoms with E-state index in [-0.39, 0.29) is 11.6 Å². The molecule has 0 saturated heterocycles. The van der Waals surface area contributed by atoms with Crippen LogP contribution in [0.3, 0.4) is 0 Å². The van der Waals surface area contributed by atoms with Crippen LogP contribution in [-0.2, 0) is 6.54 Å². The second-order valence-corrected chi connectivity index (χ2v) is 5.30. The van der Waals surface area contributed by atoms with E-state index >= 15 is 0 Å². The average molecular weight is 326 g/mol. The van der Waals surface area contributed by atoms with E-state index in [1.54, 1.807) is 12.3 Å². The topological polar surface area (TPSA) is 41.1 Å². The summed E-state index contributed by atoms with van der Waals surface area (Å²) >= 11 is 0. The molecule has 1 N–H and O–H groups in total. The Labute approximate surface area is 138 Å². The van der Waals surface area contributed by atoms with Gasteiger partial charge in [-0.15, -0.1) is 0 Å². The summed E-state index contributed by atoms with van der Waals surface area (Å²) in [5.74, 6) is -0.604. The van der Waals surface area contributed by atoms with Crippen molar-refractivity contribution in [1.29, 1.82) is 0 Å². The Hall–Kier alpha value is -3.02. The van der Waals surface area contributed by atoms with Crippen LogP contribution in [0.1, 0.15) is 5.56 Å². The van der Waals surface area contributed by atoms with Crippen molar-refractivity contribution in [2.75, 3.05) is 17.3 Å². The zero-order valence-electron chi connectivity index (χ0n) is 13.1. The van der Waals surface area contributed by atoms with Gasteiger partial charge in [-0.1, -0.05) is 36.4 Å². The molecule has 0 unspecified atom stereocenters. The molecule has 6 heteroatoms. The highest BCUT2D eigenvalue weighted by atomic mass is 19.1.